The molecule has 3 atom stereocenters. The summed E-state index contributed by atoms with van der Waals surface area (Å²) in [7, 11) is 0. The predicted octanol–water partition coefficient (Wildman–Crippen LogP) is 1.32. The Morgan fingerprint density at radius 1 is 1.12 bits per heavy atom. The van der Waals surface area contributed by atoms with E-state index in [1.54, 1.807) is 9.80 Å². The molecule has 2 fully saturated rings. The van der Waals surface area contributed by atoms with E-state index in [4.69, 9.17) is 0 Å². The van der Waals surface area contributed by atoms with Gasteiger partial charge >= 0.3 is 5.97 Å². The molecule has 2 amide bonds. The summed E-state index contributed by atoms with van der Waals surface area (Å²) in [5.41, 5.74) is 0.940. The molecule has 1 aromatic rings. The average molecular weight is 330 g/mol. The minimum Gasteiger partial charge on any atom is -0.481 e. The smallest absolute Gasteiger partial charge is 0.308 e. The van der Waals surface area contributed by atoms with Gasteiger partial charge < -0.3 is 14.9 Å². The van der Waals surface area contributed by atoms with Crippen LogP contribution < -0.4 is 0 Å². The summed E-state index contributed by atoms with van der Waals surface area (Å²) in [5.74, 6) is -1.91. The fourth-order valence-electron chi connectivity index (χ4n) is 3.88. The molecule has 2 aliphatic heterocycles. The largest absolute Gasteiger partial charge is 0.481 e. The summed E-state index contributed by atoms with van der Waals surface area (Å²) in [6, 6.07) is 9.03. The standard InChI is InChI=1S/C18H22N2O4/c1-12(21)20-9-5-8-16(20)17(22)19-10-14(15(11-19)18(23)24)13-6-3-2-4-7-13/h2-4,6-7,14-16H,5,8-11H2,1H3,(H,23,24)/t14-,15+,16+/m1/s1. The Bertz CT molecular complexity index is 646. The topological polar surface area (TPSA) is 77.9 Å². The van der Waals surface area contributed by atoms with Gasteiger partial charge in [-0.2, -0.15) is 0 Å². The van der Waals surface area contributed by atoms with Crippen molar-refractivity contribution in [1.29, 1.82) is 0 Å². The summed E-state index contributed by atoms with van der Waals surface area (Å²) in [6.45, 7) is 2.67. The van der Waals surface area contributed by atoms with Gasteiger partial charge in [-0.25, -0.2) is 0 Å². The van der Waals surface area contributed by atoms with Crippen LogP contribution in [0.1, 0.15) is 31.2 Å². The number of benzene rings is 1. The highest BCUT2D eigenvalue weighted by atomic mass is 16.4. The normalized spacial score (nSPS) is 26.6. The van der Waals surface area contributed by atoms with E-state index in [1.165, 1.54) is 6.92 Å². The monoisotopic (exact) mass is 330 g/mol. The van der Waals surface area contributed by atoms with Crippen molar-refractivity contribution < 1.29 is 19.5 Å². The van der Waals surface area contributed by atoms with Crippen LogP contribution in [0, 0.1) is 5.92 Å². The van der Waals surface area contributed by atoms with Gasteiger partial charge in [0.2, 0.25) is 11.8 Å². The van der Waals surface area contributed by atoms with E-state index in [1.807, 2.05) is 30.3 Å². The lowest BCUT2D eigenvalue weighted by molar-refractivity contribution is -0.144. The van der Waals surface area contributed by atoms with Gasteiger partial charge in [0.1, 0.15) is 6.04 Å². The fraction of sp³-hybridized carbons (Fsp3) is 0.500. The molecule has 1 N–H and O–H groups in total. The Morgan fingerprint density at radius 3 is 2.46 bits per heavy atom. The van der Waals surface area contributed by atoms with Crippen molar-refractivity contribution in [2.45, 2.75) is 31.7 Å². The van der Waals surface area contributed by atoms with Crippen LogP contribution in [0.3, 0.4) is 0 Å². The van der Waals surface area contributed by atoms with Crippen molar-refractivity contribution in [2.24, 2.45) is 5.92 Å². The molecule has 128 valence electrons. The zero-order chi connectivity index (χ0) is 17.3. The van der Waals surface area contributed by atoms with Gasteiger partial charge in [0.15, 0.2) is 0 Å². The van der Waals surface area contributed by atoms with Crippen LogP contribution in [0.25, 0.3) is 0 Å². The number of carbonyl (C=O) groups is 3. The molecule has 6 nitrogen and oxygen atoms in total. The Hall–Kier alpha value is -2.37. The van der Waals surface area contributed by atoms with Crippen LogP contribution in [-0.4, -0.2) is 58.4 Å². The van der Waals surface area contributed by atoms with Gasteiger partial charge in [-0.15, -0.1) is 0 Å². The van der Waals surface area contributed by atoms with Crippen molar-refractivity contribution >= 4 is 17.8 Å². The molecule has 0 bridgehead atoms. The molecule has 0 spiro atoms. The Balaban J connectivity index is 1.79. The van der Waals surface area contributed by atoms with E-state index in [2.05, 4.69) is 0 Å². The van der Waals surface area contributed by atoms with Crippen LogP contribution in [-0.2, 0) is 14.4 Å². The Morgan fingerprint density at radius 2 is 1.83 bits per heavy atom. The highest BCUT2D eigenvalue weighted by Crippen LogP contribution is 2.34. The number of hydrogen-bond donors (Lipinski definition) is 1. The summed E-state index contributed by atoms with van der Waals surface area (Å²) in [6.07, 6.45) is 1.47. The minimum absolute atomic E-state index is 0.0977. The van der Waals surface area contributed by atoms with Gasteiger partial charge in [0, 0.05) is 32.5 Å². The maximum Gasteiger partial charge on any atom is 0.308 e. The van der Waals surface area contributed by atoms with E-state index in [-0.39, 0.29) is 24.3 Å². The van der Waals surface area contributed by atoms with Crippen LogP contribution >= 0.6 is 0 Å². The number of likely N-dealkylation sites (tertiary alicyclic amines) is 2. The summed E-state index contributed by atoms with van der Waals surface area (Å²) in [4.78, 5) is 39.4. The molecule has 0 unspecified atom stereocenters. The fourth-order valence-corrected chi connectivity index (χ4v) is 3.88. The molecule has 2 aliphatic rings. The third kappa shape index (κ3) is 3.00. The first-order chi connectivity index (χ1) is 11.5. The molecule has 3 rings (SSSR count). The lowest BCUT2D eigenvalue weighted by atomic mass is 9.89. The molecule has 0 aromatic heterocycles. The molecule has 6 heteroatoms. The second-order valence-electron chi connectivity index (χ2n) is 6.58. The van der Waals surface area contributed by atoms with Crippen molar-refractivity contribution in [3.8, 4) is 0 Å². The summed E-state index contributed by atoms with van der Waals surface area (Å²) < 4.78 is 0. The molecule has 24 heavy (non-hydrogen) atoms. The second kappa shape index (κ2) is 6.63. The quantitative estimate of drug-likeness (QED) is 0.907. The van der Waals surface area contributed by atoms with Gasteiger partial charge in [-0.05, 0) is 18.4 Å². The molecular weight excluding hydrogens is 308 g/mol. The van der Waals surface area contributed by atoms with Crippen molar-refractivity contribution in [2.75, 3.05) is 19.6 Å². The van der Waals surface area contributed by atoms with Gasteiger partial charge in [0.25, 0.3) is 0 Å². The maximum absolute atomic E-state index is 12.8. The SMILES string of the molecule is CC(=O)N1CCC[C@H]1C(=O)N1C[C@H](C(=O)O)[C@@H](c2ccccc2)C1. The minimum atomic E-state index is -0.881. The molecule has 0 aliphatic carbocycles. The van der Waals surface area contributed by atoms with Gasteiger partial charge in [-0.1, -0.05) is 30.3 Å². The first-order valence-electron chi connectivity index (χ1n) is 8.32. The maximum atomic E-state index is 12.8. The van der Waals surface area contributed by atoms with Gasteiger partial charge in [0.05, 0.1) is 5.92 Å². The highest BCUT2D eigenvalue weighted by Gasteiger charge is 2.44. The number of carboxylic acids is 1. The van der Waals surface area contributed by atoms with Crippen LogP contribution in [0.4, 0.5) is 0 Å². The molecule has 1 aromatic carbocycles. The molecule has 2 saturated heterocycles. The number of amides is 2. The van der Waals surface area contributed by atoms with E-state index in [0.717, 1.165) is 12.0 Å². The first-order valence-corrected chi connectivity index (χ1v) is 8.32. The molecule has 0 saturated carbocycles. The van der Waals surface area contributed by atoms with Crippen LogP contribution in [0.2, 0.25) is 0 Å². The number of carboxylic acid groups (broad SMARTS) is 1. The number of nitrogens with zero attached hydrogens (tertiary/aromatic N) is 2. The van der Waals surface area contributed by atoms with Crippen LogP contribution in [0.5, 0.6) is 0 Å². The molecular formula is C18H22N2O4. The Labute approximate surface area is 141 Å². The Kier molecular flexibility index (Phi) is 4.55. The number of rotatable bonds is 3. The number of hydrogen-bond acceptors (Lipinski definition) is 3. The van der Waals surface area contributed by atoms with Crippen LogP contribution in [0.15, 0.2) is 30.3 Å². The predicted molar refractivity (Wildman–Crippen MR) is 87.3 cm³/mol. The second-order valence-corrected chi connectivity index (χ2v) is 6.58. The lowest BCUT2D eigenvalue weighted by Crippen LogP contribution is -2.46. The van der Waals surface area contributed by atoms with E-state index in [9.17, 15) is 19.5 Å². The van der Waals surface area contributed by atoms with Crippen molar-refractivity contribution in [1.82, 2.24) is 9.80 Å². The zero-order valence-electron chi connectivity index (χ0n) is 13.7. The lowest BCUT2D eigenvalue weighted by Gasteiger charge is -2.27. The number of aliphatic carboxylic acids is 1. The van der Waals surface area contributed by atoms with E-state index >= 15 is 0 Å². The zero-order valence-corrected chi connectivity index (χ0v) is 13.7. The summed E-state index contributed by atoms with van der Waals surface area (Å²) >= 11 is 0. The van der Waals surface area contributed by atoms with Crippen molar-refractivity contribution in [3.63, 3.8) is 0 Å². The average Bonchev–Trinajstić information content (AvgIpc) is 3.22. The summed E-state index contributed by atoms with van der Waals surface area (Å²) in [5, 5.41) is 9.55. The van der Waals surface area contributed by atoms with E-state index < -0.39 is 17.9 Å². The molecule has 0 radical (unpaired) electrons. The first kappa shape index (κ1) is 16.5. The van der Waals surface area contributed by atoms with Crippen molar-refractivity contribution in [3.05, 3.63) is 35.9 Å². The van der Waals surface area contributed by atoms with E-state index in [0.29, 0.717) is 19.5 Å². The third-order valence-corrected chi connectivity index (χ3v) is 5.12. The highest BCUT2D eigenvalue weighted by molar-refractivity contribution is 5.88. The number of carbonyl (C=O) groups excluding carboxylic acids is 2. The van der Waals surface area contributed by atoms with Gasteiger partial charge in [-0.3, -0.25) is 14.4 Å². The molecule has 2 heterocycles. The third-order valence-electron chi connectivity index (χ3n) is 5.12.